The van der Waals surface area contributed by atoms with Gasteiger partial charge in [-0.05, 0) is 24.3 Å². The highest BCUT2D eigenvalue weighted by Gasteiger charge is 2.40. The number of carbonyl (C=O) groups is 3. The maximum absolute atomic E-state index is 12.7. The van der Waals surface area contributed by atoms with E-state index in [9.17, 15) is 27.6 Å². The van der Waals surface area contributed by atoms with Crippen LogP contribution in [0.25, 0.3) is 10.1 Å². The fraction of sp³-hybridized carbons (Fsp3) is 0.190. The second-order valence-corrected chi connectivity index (χ2v) is 8.91. The summed E-state index contributed by atoms with van der Waals surface area (Å²) in [6.07, 6.45) is -5.12. The average Bonchev–Trinajstić information content (AvgIpc) is 3.40. The van der Waals surface area contributed by atoms with Crippen LogP contribution in [-0.4, -0.2) is 43.6 Å². The van der Waals surface area contributed by atoms with Crippen LogP contribution in [0, 0.1) is 0 Å². The lowest BCUT2D eigenvalue weighted by Crippen LogP contribution is -2.30. The molecule has 2 aromatic carbocycles. The van der Waals surface area contributed by atoms with E-state index < -0.39 is 18.1 Å². The largest absolute Gasteiger partial charge is 0.471 e. The third-order valence-corrected chi connectivity index (χ3v) is 6.68. The van der Waals surface area contributed by atoms with Crippen LogP contribution < -0.4 is 20.1 Å². The van der Waals surface area contributed by atoms with E-state index in [4.69, 9.17) is 9.47 Å². The molecule has 2 N–H and O–H groups in total. The zero-order valence-corrected chi connectivity index (χ0v) is 18.9. The van der Waals surface area contributed by atoms with E-state index in [1.807, 2.05) is 0 Å². The molecule has 1 aromatic heterocycles. The molecule has 0 atom stereocenters. The Labute approximate surface area is 198 Å². The Morgan fingerprint density at radius 1 is 1.09 bits per heavy atom. The molecule has 13 heteroatoms. The summed E-state index contributed by atoms with van der Waals surface area (Å²) in [6.45, 7) is 0.118. The number of alkyl halides is 3. The Bertz CT molecular complexity index is 1290. The van der Waals surface area contributed by atoms with Gasteiger partial charge in [0.25, 0.3) is 0 Å². The number of amides is 2. The maximum atomic E-state index is 12.7. The summed E-state index contributed by atoms with van der Waals surface area (Å²) in [7, 11) is 1.09. The van der Waals surface area contributed by atoms with Gasteiger partial charge < -0.3 is 24.8 Å². The number of ether oxygens (including phenoxy) is 3. The minimum Gasteiger partial charge on any atom is -0.465 e. The number of esters is 1. The van der Waals surface area contributed by atoms with Crippen molar-refractivity contribution in [3.05, 3.63) is 41.3 Å². The van der Waals surface area contributed by atoms with Crippen molar-refractivity contribution in [2.75, 3.05) is 30.3 Å². The summed E-state index contributed by atoms with van der Waals surface area (Å²) in [5.74, 6) is -2.19. The highest BCUT2D eigenvalue weighted by Crippen LogP contribution is 2.39. The van der Waals surface area contributed by atoms with Crippen molar-refractivity contribution in [2.24, 2.45) is 0 Å². The molecule has 0 radical (unpaired) electrons. The lowest BCUT2D eigenvalue weighted by Gasteiger charge is -2.09. The van der Waals surface area contributed by atoms with Crippen molar-refractivity contribution < 1.29 is 41.8 Å². The molecule has 2 heterocycles. The number of thiophene rings is 1. The van der Waals surface area contributed by atoms with Gasteiger partial charge in [0, 0.05) is 26.7 Å². The molecule has 0 saturated heterocycles. The zero-order chi connectivity index (χ0) is 24.5. The van der Waals surface area contributed by atoms with Crippen LogP contribution in [0.4, 0.5) is 24.5 Å². The third kappa shape index (κ3) is 5.04. The second-order valence-electron chi connectivity index (χ2n) is 6.81. The number of nitrogens with one attached hydrogen (secondary N) is 2. The fourth-order valence-corrected chi connectivity index (χ4v) is 4.96. The molecule has 0 fully saturated rings. The Kier molecular flexibility index (Phi) is 6.57. The number of hydrogen-bond acceptors (Lipinski definition) is 8. The van der Waals surface area contributed by atoms with E-state index in [1.165, 1.54) is 17.8 Å². The molecule has 3 aromatic rings. The lowest BCUT2D eigenvalue weighted by atomic mass is 10.2. The fourth-order valence-electron chi connectivity index (χ4n) is 3.03. The van der Waals surface area contributed by atoms with Crippen LogP contribution in [0.1, 0.15) is 9.67 Å². The van der Waals surface area contributed by atoms with E-state index in [1.54, 1.807) is 35.6 Å². The number of carbonyl (C=O) groups excluding carboxylic acids is 3. The van der Waals surface area contributed by atoms with Crippen molar-refractivity contribution in [3.63, 3.8) is 0 Å². The van der Waals surface area contributed by atoms with Crippen molar-refractivity contribution in [2.45, 2.75) is 11.1 Å². The molecule has 0 spiro atoms. The van der Waals surface area contributed by atoms with Gasteiger partial charge >= 0.3 is 18.1 Å². The molecular formula is C21H15F3N2O6S2. The number of halogens is 3. The molecule has 0 unspecified atom stereocenters. The summed E-state index contributed by atoms with van der Waals surface area (Å²) in [5.41, 5.74) is 0.266. The number of anilines is 2. The maximum Gasteiger partial charge on any atom is 0.471 e. The number of benzene rings is 2. The van der Waals surface area contributed by atoms with Crippen LogP contribution in [0.3, 0.4) is 0 Å². The molecule has 0 bridgehead atoms. The monoisotopic (exact) mass is 512 g/mol. The molecule has 0 saturated carbocycles. The number of thioether (sulfide) groups is 1. The highest BCUT2D eigenvalue weighted by molar-refractivity contribution is 8.00. The average molecular weight is 512 g/mol. The first-order valence-electron chi connectivity index (χ1n) is 9.51. The van der Waals surface area contributed by atoms with E-state index >= 15 is 0 Å². The van der Waals surface area contributed by atoms with Crippen LogP contribution in [0.15, 0.2) is 41.3 Å². The molecule has 0 aliphatic carbocycles. The summed E-state index contributed by atoms with van der Waals surface area (Å²) < 4.78 is 53.8. The molecule has 4 rings (SSSR count). The van der Waals surface area contributed by atoms with Gasteiger partial charge in [0.1, 0.15) is 4.88 Å². The quantitative estimate of drug-likeness (QED) is 0.366. The lowest BCUT2D eigenvalue weighted by molar-refractivity contribution is -0.167. The molecule has 8 nitrogen and oxygen atoms in total. The normalized spacial score (nSPS) is 12.5. The van der Waals surface area contributed by atoms with Gasteiger partial charge in [-0.1, -0.05) is 6.07 Å². The van der Waals surface area contributed by atoms with Gasteiger partial charge in [0.15, 0.2) is 11.5 Å². The van der Waals surface area contributed by atoms with Crippen molar-refractivity contribution in [1.82, 2.24) is 0 Å². The van der Waals surface area contributed by atoms with Gasteiger partial charge in [-0.15, -0.1) is 23.1 Å². The minimum atomic E-state index is -5.12. The summed E-state index contributed by atoms with van der Waals surface area (Å²) in [5, 5.41) is 4.75. The van der Waals surface area contributed by atoms with Crippen LogP contribution in [0.5, 0.6) is 11.5 Å². The predicted octanol–water partition coefficient (Wildman–Crippen LogP) is 4.65. The predicted molar refractivity (Wildman–Crippen MR) is 120 cm³/mol. The topological polar surface area (TPSA) is 103 Å². The van der Waals surface area contributed by atoms with Crippen molar-refractivity contribution in [1.29, 1.82) is 0 Å². The Morgan fingerprint density at radius 3 is 2.59 bits per heavy atom. The molecule has 1 aliphatic rings. The van der Waals surface area contributed by atoms with Crippen LogP contribution in [-0.2, 0) is 14.3 Å². The van der Waals surface area contributed by atoms with Crippen molar-refractivity contribution >= 4 is 62.3 Å². The van der Waals surface area contributed by atoms with Gasteiger partial charge in [-0.3, -0.25) is 9.59 Å². The molecule has 178 valence electrons. The van der Waals surface area contributed by atoms with E-state index in [0.717, 1.165) is 18.4 Å². The summed E-state index contributed by atoms with van der Waals surface area (Å²) in [6, 6.07) is 9.69. The second kappa shape index (κ2) is 9.43. The first kappa shape index (κ1) is 23.7. The van der Waals surface area contributed by atoms with Gasteiger partial charge in [-0.2, -0.15) is 13.2 Å². The van der Waals surface area contributed by atoms with E-state index in [-0.39, 0.29) is 34.4 Å². The Hall–Kier alpha value is -3.45. The first-order valence-corrected chi connectivity index (χ1v) is 11.3. The number of methoxy groups -OCH3 is 1. The summed E-state index contributed by atoms with van der Waals surface area (Å²) >= 11 is 2.07. The SMILES string of the molecule is COC(=O)c1sc2cc(SCC(=O)Nc3ccc4c(c3)OCO4)ccc2c1NC(=O)C(F)(F)F. The van der Waals surface area contributed by atoms with E-state index in [0.29, 0.717) is 26.8 Å². The van der Waals surface area contributed by atoms with Crippen molar-refractivity contribution in [3.8, 4) is 11.5 Å². The van der Waals surface area contributed by atoms with E-state index in [2.05, 4.69) is 10.1 Å². The van der Waals surface area contributed by atoms with Gasteiger partial charge in [0.05, 0.1) is 18.6 Å². The molecule has 1 aliphatic heterocycles. The standard InChI is InChI=1S/C21H15F3N2O6S2/c1-30-19(28)18-17(26-20(29)21(22,23)24)12-4-3-11(7-15(12)34-18)33-8-16(27)25-10-2-5-13-14(6-10)32-9-31-13/h2-7H,8-9H2,1H3,(H,25,27)(H,26,29). The van der Waals surface area contributed by atoms with Crippen LogP contribution >= 0.6 is 23.1 Å². The molecule has 34 heavy (non-hydrogen) atoms. The highest BCUT2D eigenvalue weighted by atomic mass is 32.2. The third-order valence-electron chi connectivity index (χ3n) is 4.55. The molecule has 2 amide bonds. The number of rotatable bonds is 6. The van der Waals surface area contributed by atoms with Gasteiger partial charge in [-0.25, -0.2) is 4.79 Å². The Balaban J connectivity index is 1.49. The van der Waals surface area contributed by atoms with Gasteiger partial charge in [0.2, 0.25) is 12.7 Å². The number of fused-ring (bicyclic) bond motifs is 2. The first-order chi connectivity index (χ1) is 16.2. The smallest absolute Gasteiger partial charge is 0.465 e. The Morgan fingerprint density at radius 2 is 1.85 bits per heavy atom. The zero-order valence-electron chi connectivity index (χ0n) is 17.3. The minimum absolute atomic E-state index is 0.0485. The summed E-state index contributed by atoms with van der Waals surface area (Å²) in [4.78, 5) is 36.3. The number of hydrogen-bond donors (Lipinski definition) is 2. The van der Waals surface area contributed by atoms with Crippen LogP contribution in [0.2, 0.25) is 0 Å². The molecular weight excluding hydrogens is 497 g/mol.